The summed E-state index contributed by atoms with van der Waals surface area (Å²) in [6, 6.07) is 26.5. The number of fused-ring (bicyclic) bond motifs is 3. The first kappa shape index (κ1) is 13.8. The van der Waals surface area contributed by atoms with Crippen molar-refractivity contribution in [1.82, 2.24) is 0 Å². The standard InChI is InChI=1S/C20H17OSe/c21-14-13-15-9-11-16(12-10-15)22-19-7-3-1-5-17(19)18-6-2-4-8-20(18)22/h1-12,21H,13-14H2. The van der Waals surface area contributed by atoms with Crippen molar-refractivity contribution in [2.45, 2.75) is 6.42 Å². The van der Waals surface area contributed by atoms with Crippen LogP contribution in [0.2, 0.25) is 0 Å². The number of benzene rings is 3. The van der Waals surface area contributed by atoms with E-state index in [-0.39, 0.29) is 6.61 Å². The summed E-state index contributed by atoms with van der Waals surface area (Å²) in [5.74, 6) is 0. The fourth-order valence-electron chi connectivity index (χ4n) is 3.03. The Morgan fingerprint density at radius 2 is 1.23 bits per heavy atom. The van der Waals surface area contributed by atoms with Crippen molar-refractivity contribution >= 4 is 27.3 Å². The Bertz CT molecular complexity index is 762. The van der Waals surface area contributed by atoms with Crippen molar-refractivity contribution in [2.24, 2.45) is 0 Å². The molecule has 22 heavy (non-hydrogen) atoms. The van der Waals surface area contributed by atoms with E-state index in [1.807, 2.05) is 0 Å². The summed E-state index contributed by atoms with van der Waals surface area (Å²) in [6.07, 6.45) is 0.734. The zero-order valence-corrected chi connectivity index (χ0v) is 13.9. The Kier molecular flexibility index (Phi) is 3.59. The Hall–Kier alpha value is -1.86. The molecule has 109 valence electrons. The third-order valence-corrected chi connectivity index (χ3v) is 8.96. The van der Waals surface area contributed by atoms with Crippen LogP contribution >= 0.6 is 0 Å². The summed E-state index contributed by atoms with van der Waals surface area (Å²) < 4.78 is 4.47. The van der Waals surface area contributed by atoms with Crippen LogP contribution in [0.4, 0.5) is 0 Å². The third-order valence-electron chi connectivity index (χ3n) is 4.06. The molecule has 0 saturated carbocycles. The van der Waals surface area contributed by atoms with Crippen molar-refractivity contribution in [3.63, 3.8) is 0 Å². The minimum absolute atomic E-state index is 0.213. The van der Waals surface area contributed by atoms with Gasteiger partial charge in [-0.1, -0.05) is 0 Å². The molecule has 0 aliphatic carbocycles. The zero-order chi connectivity index (χ0) is 14.9. The van der Waals surface area contributed by atoms with Crippen LogP contribution in [0.5, 0.6) is 0 Å². The summed E-state index contributed by atoms with van der Waals surface area (Å²) in [4.78, 5) is 0. The summed E-state index contributed by atoms with van der Waals surface area (Å²) in [5.41, 5.74) is 4.02. The monoisotopic (exact) mass is 353 g/mol. The maximum atomic E-state index is 9.07. The van der Waals surface area contributed by atoms with Crippen LogP contribution in [-0.2, 0) is 6.42 Å². The molecule has 0 saturated heterocycles. The molecule has 1 aliphatic rings. The molecule has 1 radical (unpaired) electrons. The molecule has 0 aromatic heterocycles. The fraction of sp³-hybridized carbons (Fsp3) is 0.100. The van der Waals surface area contributed by atoms with Crippen molar-refractivity contribution in [1.29, 1.82) is 0 Å². The molecule has 4 rings (SSSR count). The number of aliphatic hydroxyl groups excluding tert-OH is 1. The molecule has 0 bridgehead atoms. The first-order valence-corrected chi connectivity index (χ1v) is 10.1. The van der Waals surface area contributed by atoms with Gasteiger partial charge in [0.2, 0.25) is 0 Å². The van der Waals surface area contributed by atoms with E-state index in [2.05, 4.69) is 72.8 Å². The second kappa shape index (κ2) is 5.73. The van der Waals surface area contributed by atoms with Crippen LogP contribution in [-0.4, -0.2) is 25.6 Å². The molecule has 2 heteroatoms. The number of hydrogen-bond acceptors (Lipinski definition) is 1. The van der Waals surface area contributed by atoms with E-state index < -0.39 is 13.9 Å². The molecule has 3 aromatic rings. The molecule has 0 unspecified atom stereocenters. The number of hydrogen-bond donors (Lipinski definition) is 1. The second-order valence-corrected chi connectivity index (χ2v) is 9.54. The molecule has 0 amide bonds. The molecule has 1 nitrogen and oxygen atoms in total. The van der Waals surface area contributed by atoms with E-state index >= 15 is 0 Å². The minimum atomic E-state index is -1.17. The van der Waals surface area contributed by atoms with Gasteiger partial charge in [0, 0.05) is 0 Å². The Morgan fingerprint density at radius 1 is 0.682 bits per heavy atom. The van der Waals surface area contributed by atoms with Crippen molar-refractivity contribution in [3.8, 4) is 11.1 Å². The Morgan fingerprint density at radius 3 is 1.77 bits per heavy atom. The molecule has 0 atom stereocenters. The average Bonchev–Trinajstić information content (AvgIpc) is 2.91. The van der Waals surface area contributed by atoms with E-state index in [1.54, 1.807) is 0 Å². The van der Waals surface area contributed by atoms with Gasteiger partial charge in [-0.15, -0.1) is 0 Å². The van der Waals surface area contributed by atoms with Gasteiger partial charge in [-0.25, -0.2) is 0 Å². The van der Waals surface area contributed by atoms with Gasteiger partial charge in [0.15, 0.2) is 0 Å². The van der Waals surface area contributed by atoms with Crippen LogP contribution < -0.4 is 13.4 Å². The average molecular weight is 352 g/mol. The first-order chi connectivity index (χ1) is 10.9. The van der Waals surface area contributed by atoms with Crippen LogP contribution in [0.1, 0.15) is 5.56 Å². The molecule has 1 aliphatic heterocycles. The quantitative estimate of drug-likeness (QED) is 0.557. The normalized spacial score (nSPS) is 13.0. The Labute approximate surface area is 135 Å². The van der Waals surface area contributed by atoms with Gasteiger partial charge in [0.1, 0.15) is 0 Å². The van der Waals surface area contributed by atoms with Crippen LogP contribution in [0.25, 0.3) is 11.1 Å². The SMILES string of the molecule is OCCc1ccc([Se]2c3ccccc3-c3ccccc32)cc1. The maximum absolute atomic E-state index is 9.07. The van der Waals surface area contributed by atoms with E-state index in [0.717, 1.165) is 6.42 Å². The van der Waals surface area contributed by atoms with Gasteiger partial charge in [0.25, 0.3) is 0 Å². The molecule has 0 spiro atoms. The van der Waals surface area contributed by atoms with Crippen molar-refractivity contribution in [2.75, 3.05) is 6.61 Å². The molecule has 1 N–H and O–H groups in total. The molecular weight excluding hydrogens is 335 g/mol. The zero-order valence-electron chi connectivity index (χ0n) is 12.2. The van der Waals surface area contributed by atoms with Gasteiger partial charge in [-0.2, -0.15) is 0 Å². The number of rotatable bonds is 3. The van der Waals surface area contributed by atoms with E-state index in [4.69, 9.17) is 5.11 Å². The summed E-state index contributed by atoms with van der Waals surface area (Å²) in [6.45, 7) is 0.213. The third kappa shape index (κ3) is 2.21. The molecular formula is C20H17OSe. The van der Waals surface area contributed by atoms with E-state index in [0.29, 0.717) is 0 Å². The van der Waals surface area contributed by atoms with Crippen molar-refractivity contribution < 1.29 is 5.11 Å². The summed E-state index contributed by atoms with van der Waals surface area (Å²) >= 11 is -1.17. The van der Waals surface area contributed by atoms with Gasteiger partial charge < -0.3 is 0 Å². The van der Waals surface area contributed by atoms with Gasteiger partial charge in [0.05, 0.1) is 0 Å². The van der Waals surface area contributed by atoms with Crippen LogP contribution in [0, 0.1) is 0 Å². The summed E-state index contributed by atoms with van der Waals surface area (Å²) in [5, 5.41) is 9.07. The van der Waals surface area contributed by atoms with Crippen molar-refractivity contribution in [3.05, 3.63) is 78.4 Å². The molecule has 0 fully saturated rings. The van der Waals surface area contributed by atoms with E-state index in [9.17, 15) is 0 Å². The van der Waals surface area contributed by atoms with Crippen LogP contribution in [0.3, 0.4) is 0 Å². The van der Waals surface area contributed by atoms with E-state index in [1.165, 1.54) is 30.1 Å². The topological polar surface area (TPSA) is 20.2 Å². The molecule has 1 heterocycles. The predicted octanol–water partition coefficient (Wildman–Crippen LogP) is 1.72. The van der Waals surface area contributed by atoms with Gasteiger partial charge in [-0.3, -0.25) is 0 Å². The number of aliphatic hydroxyl groups is 1. The second-order valence-electron chi connectivity index (χ2n) is 5.42. The Balaban J connectivity index is 1.84. The fourth-order valence-corrected chi connectivity index (χ4v) is 8.02. The van der Waals surface area contributed by atoms with Crippen LogP contribution in [0.15, 0.2) is 72.8 Å². The van der Waals surface area contributed by atoms with Gasteiger partial charge >= 0.3 is 135 Å². The summed E-state index contributed by atoms with van der Waals surface area (Å²) in [7, 11) is 0. The first-order valence-electron chi connectivity index (χ1n) is 7.51. The predicted molar refractivity (Wildman–Crippen MR) is 93.8 cm³/mol. The molecule has 3 aromatic carbocycles. The van der Waals surface area contributed by atoms with Gasteiger partial charge in [-0.05, 0) is 0 Å².